The Hall–Kier alpha value is -3.93. The molecule has 0 rings (SSSR count). The van der Waals surface area contributed by atoms with Crippen LogP contribution in [-0.2, 0) is 28.6 Å². The van der Waals surface area contributed by atoms with Gasteiger partial charge in [0.05, 0.1) is 0 Å². The van der Waals surface area contributed by atoms with Crippen LogP contribution in [0.3, 0.4) is 0 Å². The molecule has 0 aromatic heterocycles. The van der Waals surface area contributed by atoms with Gasteiger partial charge < -0.3 is 14.2 Å². The Morgan fingerprint density at radius 3 is 1.05 bits per heavy atom. The molecule has 0 spiro atoms. The highest BCUT2D eigenvalue weighted by Crippen LogP contribution is 2.12. The number of hydrogen-bond donors (Lipinski definition) is 0. The Balaban J connectivity index is 4.55. The minimum absolute atomic E-state index is 0.116. The molecule has 0 saturated carbocycles. The molecule has 0 radical (unpaired) electrons. The van der Waals surface area contributed by atoms with E-state index >= 15 is 0 Å². The molecule has 0 aliphatic carbocycles. The molecule has 0 heterocycles. The maximum Gasteiger partial charge on any atom is 0.306 e. The highest BCUT2D eigenvalue weighted by Gasteiger charge is 2.19. The lowest BCUT2D eigenvalue weighted by molar-refractivity contribution is -0.167. The second-order valence-electron chi connectivity index (χ2n) is 16.3. The van der Waals surface area contributed by atoms with Crippen molar-refractivity contribution >= 4 is 17.9 Å². The van der Waals surface area contributed by atoms with Gasteiger partial charge in [0.15, 0.2) is 6.10 Å². The Kier molecular flexibility index (Phi) is 47.5. The molecule has 1 unspecified atom stereocenters. The molecule has 6 heteroatoms. The first-order chi connectivity index (χ1) is 31.0. The van der Waals surface area contributed by atoms with Crippen LogP contribution in [0, 0.1) is 0 Å². The van der Waals surface area contributed by atoms with Crippen molar-refractivity contribution in [3.8, 4) is 0 Å². The fourth-order valence-corrected chi connectivity index (χ4v) is 6.48. The zero-order chi connectivity index (χ0) is 45.8. The predicted octanol–water partition coefficient (Wildman–Crippen LogP) is 16.8. The standard InChI is InChI=1S/C57H92O6/c1-4-7-10-13-16-19-22-25-27-29-31-32-35-38-41-44-47-50-56(59)62-53-54(52-61-55(58)49-46-43-40-37-34-24-21-18-15-12-9-6-3)63-57(60)51-48-45-42-39-36-33-30-28-26-23-20-17-14-11-8-5-2/h8-9,11-12,17-18,20-21,25-28,31-33,36,38,41,54H,4-7,10,13-16,19,22-24,29-30,34-35,37,39-40,42-53H2,1-3H3/b11-8-,12-9-,20-17-,21-18-,27-25-,28-26-,32-31-,36-33-,41-38-. The second-order valence-corrected chi connectivity index (χ2v) is 16.3. The van der Waals surface area contributed by atoms with Crippen LogP contribution in [0.15, 0.2) is 109 Å². The zero-order valence-corrected chi connectivity index (χ0v) is 40.5. The summed E-state index contributed by atoms with van der Waals surface area (Å²) in [4.78, 5) is 37.9. The molecule has 0 saturated heterocycles. The Morgan fingerprint density at radius 1 is 0.333 bits per heavy atom. The van der Waals surface area contributed by atoms with E-state index in [1.807, 2.05) is 0 Å². The first kappa shape index (κ1) is 59.1. The molecule has 0 aromatic rings. The quantitative estimate of drug-likeness (QED) is 0.0263. The number of ether oxygens (including phenoxy) is 3. The average Bonchev–Trinajstić information content (AvgIpc) is 3.28. The Morgan fingerprint density at radius 2 is 0.635 bits per heavy atom. The highest BCUT2D eigenvalue weighted by molar-refractivity contribution is 5.71. The normalized spacial score (nSPS) is 13.0. The number of carbonyl (C=O) groups is 3. The lowest BCUT2D eigenvalue weighted by atomic mass is 10.1. The second kappa shape index (κ2) is 50.7. The van der Waals surface area contributed by atoms with Gasteiger partial charge in [0.25, 0.3) is 0 Å². The molecule has 63 heavy (non-hydrogen) atoms. The Labute approximate surface area is 387 Å². The van der Waals surface area contributed by atoms with Gasteiger partial charge in [-0.15, -0.1) is 0 Å². The van der Waals surface area contributed by atoms with E-state index in [4.69, 9.17) is 14.2 Å². The zero-order valence-electron chi connectivity index (χ0n) is 40.5. The van der Waals surface area contributed by atoms with Gasteiger partial charge in [0.2, 0.25) is 0 Å². The summed E-state index contributed by atoms with van der Waals surface area (Å²) in [7, 11) is 0. The van der Waals surface area contributed by atoms with Crippen LogP contribution in [0.1, 0.15) is 213 Å². The van der Waals surface area contributed by atoms with Gasteiger partial charge in [0, 0.05) is 19.3 Å². The van der Waals surface area contributed by atoms with E-state index in [1.165, 1.54) is 44.9 Å². The summed E-state index contributed by atoms with van der Waals surface area (Å²) in [5.74, 6) is -1.02. The monoisotopic (exact) mass is 873 g/mol. The number of unbranched alkanes of at least 4 members (excludes halogenated alkanes) is 15. The van der Waals surface area contributed by atoms with E-state index in [2.05, 4.69) is 130 Å². The first-order valence-electron chi connectivity index (χ1n) is 25.4. The van der Waals surface area contributed by atoms with Gasteiger partial charge in [-0.25, -0.2) is 0 Å². The third-order valence-electron chi connectivity index (χ3n) is 10.2. The lowest BCUT2D eigenvalue weighted by Gasteiger charge is -2.18. The molecular formula is C57H92O6. The molecule has 1 atom stereocenters. The topological polar surface area (TPSA) is 78.9 Å². The molecule has 0 bridgehead atoms. The van der Waals surface area contributed by atoms with Crippen LogP contribution >= 0.6 is 0 Å². The maximum absolute atomic E-state index is 12.8. The number of allylic oxidation sites excluding steroid dienone is 18. The molecule has 0 aliphatic rings. The molecule has 356 valence electrons. The lowest BCUT2D eigenvalue weighted by Crippen LogP contribution is -2.30. The van der Waals surface area contributed by atoms with Crippen molar-refractivity contribution in [1.29, 1.82) is 0 Å². The van der Waals surface area contributed by atoms with E-state index < -0.39 is 6.10 Å². The van der Waals surface area contributed by atoms with Gasteiger partial charge in [-0.3, -0.25) is 14.4 Å². The largest absolute Gasteiger partial charge is 0.462 e. The first-order valence-corrected chi connectivity index (χ1v) is 25.4. The summed E-state index contributed by atoms with van der Waals surface area (Å²) in [6, 6.07) is 0. The van der Waals surface area contributed by atoms with E-state index in [1.54, 1.807) is 0 Å². The molecule has 0 fully saturated rings. The minimum atomic E-state index is -0.822. The summed E-state index contributed by atoms with van der Waals surface area (Å²) in [5, 5.41) is 0. The predicted molar refractivity (Wildman–Crippen MR) is 270 cm³/mol. The van der Waals surface area contributed by atoms with Crippen molar-refractivity contribution in [3.05, 3.63) is 109 Å². The fourth-order valence-electron chi connectivity index (χ4n) is 6.48. The van der Waals surface area contributed by atoms with E-state index in [0.717, 1.165) is 116 Å². The fraction of sp³-hybridized carbons (Fsp3) is 0.632. The maximum atomic E-state index is 12.8. The van der Waals surface area contributed by atoms with E-state index in [0.29, 0.717) is 19.3 Å². The summed E-state index contributed by atoms with van der Waals surface area (Å²) in [5.41, 5.74) is 0. The van der Waals surface area contributed by atoms with Crippen molar-refractivity contribution < 1.29 is 28.6 Å². The summed E-state index contributed by atoms with van der Waals surface area (Å²) >= 11 is 0. The van der Waals surface area contributed by atoms with Crippen LogP contribution < -0.4 is 0 Å². The number of carbonyl (C=O) groups excluding carboxylic acids is 3. The average molecular weight is 873 g/mol. The van der Waals surface area contributed by atoms with Crippen LogP contribution in [0.5, 0.6) is 0 Å². The molecule has 0 aliphatic heterocycles. The van der Waals surface area contributed by atoms with Crippen LogP contribution in [0.2, 0.25) is 0 Å². The Bertz CT molecular complexity index is 1330. The molecule has 0 N–H and O–H groups in total. The number of hydrogen-bond acceptors (Lipinski definition) is 6. The summed E-state index contributed by atoms with van der Waals surface area (Å²) in [6.07, 6.45) is 67.9. The third kappa shape index (κ3) is 49.0. The van der Waals surface area contributed by atoms with Crippen molar-refractivity contribution in [1.82, 2.24) is 0 Å². The van der Waals surface area contributed by atoms with Gasteiger partial charge >= 0.3 is 17.9 Å². The number of esters is 3. The molecule has 0 aromatic carbocycles. The number of rotatable bonds is 44. The van der Waals surface area contributed by atoms with Crippen molar-refractivity contribution in [2.24, 2.45) is 0 Å². The van der Waals surface area contributed by atoms with Crippen molar-refractivity contribution in [3.63, 3.8) is 0 Å². The van der Waals surface area contributed by atoms with Gasteiger partial charge in [-0.2, -0.15) is 0 Å². The van der Waals surface area contributed by atoms with E-state index in [9.17, 15) is 14.4 Å². The van der Waals surface area contributed by atoms with E-state index in [-0.39, 0.29) is 44.0 Å². The van der Waals surface area contributed by atoms with Crippen molar-refractivity contribution in [2.45, 2.75) is 219 Å². The van der Waals surface area contributed by atoms with Gasteiger partial charge in [-0.05, 0) is 116 Å². The molecular weight excluding hydrogens is 781 g/mol. The van der Waals surface area contributed by atoms with Crippen molar-refractivity contribution in [2.75, 3.05) is 13.2 Å². The minimum Gasteiger partial charge on any atom is -0.462 e. The smallest absolute Gasteiger partial charge is 0.306 e. The van der Waals surface area contributed by atoms with Crippen LogP contribution in [0.4, 0.5) is 0 Å². The SMILES string of the molecule is CC/C=C\C/C=C\C/C=C\C/C=C\CCCCCC(=O)OC(COC(=O)CCC/C=C\C/C=C\C/C=C\CCCCCCCC)COC(=O)CCCCCCC/C=C\C/C=C\CC. The molecule has 6 nitrogen and oxygen atoms in total. The highest BCUT2D eigenvalue weighted by atomic mass is 16.6. The van der Waals surface area contributed by atoms with Crippen LogP contribution in [-0.4, -0.2) is 37.2 Å². The summed E-state index contributed by atoms with van der Waals surface area (Å²) in [6.45, 7) is 6.30. The van der Waals surface area contributed by atoms with Gasteiger partial charge in [0.1, 0.15) is 13.2 Å². The van der Waals surface area contributed by atoms with Crippen LogP contribution in [0.25, 0.3) is 0 Å². The summed E-state index contributed by atoms with van der Waals surface area (Å²) < 4.78 is 16.7. The molecule has 0 amide bonds. The van der Waals surface area contributed by atoms with Gasteiger partial charge in [-0.1, -0.05) is 188 Å². The third-order valence-corrected chi connectivity index (χ3v) is 10.2.